The van der Waals surface area contributed by atoms with Gasteiger partial charge in [0, 0.05) is 6.54 Å². The Morgan fingerprint density at radius 1 is 1.08 bits per heavy atom. The Balaban J connectivity index is 0.00000208. The summed E-state index contributed by atoms with van der Waals surface area (Å²) in [6.45, 7) is 6.00. The lowest BCUT2D eigenvalue weighted by Crippen LogP contribution is -2.23. The number of benzene rings is 2. The van der Waals surface area contributed by atoms with Gasteiger partial charge in [-0.1, -0.05) is 23.4 Å². The molecule has 1 saturated heterocycles. The Hall–Kier alpha value is -1.78. The van der Waals surface area contributed by atoms with Gasteiger partial charge in [0.25, 0.3) is 0 Å². The van der Waals surface area contributed by atoms with Crippen LogP contribution in [0.15, 0.2) is 41.6 Å². The second-order valence-electron chi connectivity index (χ2n) is 5.99. The Labute approximate surface area is 149 Å². The quantitative estimate of drug-likeness (QED) is 0.447. The predicted molar refractivity (Wildman–Crippen MR) is 102 cm³/mol. The summed E-state index contributed by atoms with van der Waals surface area (Å²) in [5.74, 6) is 0.876. The number of hydrogen-bond acceptors (Lipinski definition) is 4. The molecule has 1 heterocycles. The number of nitrogens with zero attached hydrogens (tertiary/aromatic N) is 2. The fourth-order valence-corrected chi connectivity index (χ4v) is 2.95. The van der Waals surface area contributed by atoms with E-state index in [0.29, 0.717) is 6.61 Å². The van der Waals surface area contributed by atoms with E-state index >= 15 is 0 Å². The molecule has 5 heteroatoms. The van der Waals surface area contributed by atoms with Crippen LogP contribution in [0.25, 0.3) is 10.8 Å². The van der Waals surface area contributed by atoms with Crippen molar-refractivity contribution in [3.05, 3.63) is 42.0 Å². The van der Waals surface area contributed by atoms with Crippen LogP contribution in [0.5, 0.6) is 5.75 Å². The Morgan fingerprint density at radius 3 is 2.54 bits per heavy atom. The van der Waals surface area contributed by atoms with Crippen molar-refractivity contribution >= 4 is 28.9 Å². The van der Waals surface area contributed by atoms with Gasteiger partial charge >= 0.3 is 0 Å². The molecular formula is C19H25ClN2O2. The van der Waals surface area contributed by atoms with Gasteiger partial charge < -0.3 is 9.57 Å². The minimum Gasteiger partial charge on any atom is -0.497 e. The maximum Gasteiger partial charge on any atom is 0.129 e. The van der Waals surface area contributed by atoms with Crippen LogP contribution >= 0.6 is 12.4 Å². The van der Waals surface area contributed by atoms with Gasteiger partial charge in [-0.15, -0.1) is 12.4 Å². The van der Waals surface area contributed by atoms with Crippen LogP contribution in [0, 0.1) is 0 Å². The molecule has 4 nitrogen and oxygen atoms in total. The second-order valence-corrected chi connectivity index (χ2v) is 5.99. The van der Waals surface area contributed by atoms with Crippen LogP contribution in [-0.4, -0.2) is 44.0 Å². The monoisotopic (exact) mass is 348 g/mol. The molecule has 0 atom stereocenters. The number of likely N-dealkylation sites (tertiary alicyclic amines) is 1. The summed E-state index contributed by atoms with van der Waals surface area (Å²) >= 11 is 0. The van der Waals surface area contributed by atoms with Crippen molar-refractivity contribution < 1.29 is 9.57 Å². The summed E-state index contributed by atoms with van der Waals surface area (Å²) in [4.78, 5) is 7.91. The predicted octanol–water partition coefficient (Wildman–Crippen LogP) is 4.11. The minimum absolute atomic E-state index is 0. The van der Waals surface area contributed by atoms with E-state index in [1.165, 1.54) is 31.3 Å². The summed E-state index contributed by atoms with van der Waals surface area (Å²) in [5, 5.41) is 6.60. The van der Waals surface area contributed by atoms with Gasteiger partial charge in [-0.2, -0.15) is 0 Å². The molecule has 0 bridgehead atoms. The summed E-state index contributed by atoms with van der Waals surface area (Å²) in [5.41, 5.74) is 1.99. The van der Waals surface area contributed by atoms with Crippen LogP contribution in [-0.2, 0) is 4.84 Å². The largest absolute Gasteiger partial charge is 0.497 e. The fourth-order valence-electron chi connectivity index (χ4n) is 2.95. The van der Waals surface area contributed by atoms with Gasteiger partial charge in [-0.3, -0.25) is 4.90 Å². The van der Waals surface area contributed by atoms with Crippen molar-refractivity contribution in [1.82, 2.24) is 4.90 Å². The first-order valence-electron chi connectivity index (χ1n) is 8.23. The third-order valence-electron chi connectivity index (χ3n) is 4.36. The van der Waals surface area contributed by atoms with E-state index in [1.807, 2.05) is 19.1 Å². The molecule has 0 amide bonds. The summed E-state index contributed by atoms with van der Waals surface area (Å²) in [6.07, 6.45) is 2.62. The molecular weight excluding hydrogens is 324 g/mol. The van der Waals surface area contributed by atoms with Gasteiger partial charge in [0.2, 0.25) is 0 Å². The number of hydrogen-bond donors (Lipinski definition) is 0. The number of methoxy groups -OCH3 is 1. The first-order chi connectivity index (χ1) is 11.3. The van der Waals surface area contributed by atoms with Crippen molar-refractivity contribution in [2.24, 2.45) is 5.16 Å². The van der Waals surface area contributed by atoms with E-state index < -0.39 is 0 Å². The topological polar surface area (TPSA) is 34.1 Å². The van der Waals surface area contributed by atoms with Crippen molar-refractivity contribution in [2.75, 3.05) is 33.4 Å². The average molecular weight is 349 g/mol. The van der Waals surface area contributed by atoms with Crippen LogP contribution in [0.4, 0.5) is 0 Å². The van der Waals surface area contributed by atoms with Gasteiger partial charge in [-0.05, 0) is 67.4 Å². The molecule has 1 aliphatic rings. The smallest absolute Gasteiger partial charge is 0.129 e. The second kappa shape index (κ2) is 8.90. The number of halogens is 1. The molecule has 0 saturated carbocycles. The maximum absolute atomic E-state index is 5.49. The molecule has 0 N–H and O–H groups in total. The van der Waals surface area contributed by atoms with Crippen molar-refractivity contribution in [3.8, 4) is 5.75 Å². The number of ether oxygens (including phenoxy) is 1. The molecule has 1 aliphatic heterocycles. The third-order valence-corrected chi connectivity index (χ3v) is 4.36. The molecule has 1 fully saturated rings. The molecule has 130 valence electrons. The maximum atomic E-state index is 5.49. The molecule has 2 aromatic carbocycles. The highest BCUT2D eigenvalue weighted by molar-refractivity contribution is 6.01. The van der Waals surface area contributed by atoms with Gasteiger partial charge in [0.05, 0.1) is 12.8 Å². The van der Waals surface area contributed by atoms with Gasteiger partial charge in [-0.25, -0.2) is 0 Å². The van der Waals surface area contributed by atoms with Crippen molar-refractivity contribution in [3.63, 3.8) is 0 Å². The molecule has 0 aliphatic carbocycles. The Bertz CT molecular complexity index is 697. The first-order valence-corrected chi connectivity index (χ1v) is 8.23. The number of fused-ring (bicyclic) bond motifs is 1. The van der Waals surface area contributed by atoms with E-state index in [1.54, 1.807) is 7.11 Å². The zero-order valence-electron chi connectivity index (χ0n) is 14.3. The van der Waals surface area contributed by atoms with Crippen molar-refractivity contribution in [1.29, 1.82) is 0 Å². The molecule has 0 aromatic heterocycles. The lowest BCUT2D eigenvalue weighted by atomic mass is 10.0. The highest BCUT2D eigenvalue weighted by atomic mass is 35.5. The van der Waals surface area contributed by atoms with Gasteiger partial charge in [0.15, 0.2) is 0 Å². The van der Waals surface area contributed by atoms with E-state index in [0.717, 1.165) is 29.0 Å². The van der Waals surface area contributed by atoms with E-state index in [-0.39, 0.29) is 12.4 Å². The summed E-state index contributed by atoms with van der Waals surface area (Å²) in [7, 11) is 1.69. The number of oxime groups is 1. The van der Waals surface area contributed by atoms with E-state index in [9.17, 15) is 0 Å². The lowest BCUT2D eigenvalue weighted by molar-refractivity contribution is 0.119. The van der Waals surface area contributed by atoms with Crippen LogP contribution in [0.2, 0.25) is 0 Å². The van der Waals surface area contributed by atoms with E-state index in [4.69, 9.17) is 9.57 Å². The average Bonchev–Trinajstić information content (AvgIpc) is 3.11. The summed E-state index contributed by atoms with van der Waals surface area (Å²) < 4.78 is 5.26. The third kappa shape index (κ3) is 4.62. The van der Waals surface area contributed by atoms with Gasteiger partial charge in [0.1, 0.15) is 12.4 Å². The zero-order chi connectivity index (χ0) is 16.1. The molecule has 0 radical (unpaired) electrons. The van der Waals surface area contributed by atoms with E-state index in [2.05, 4.69) is 34.3 Å². The van der Waals surface area contributed by atoms with Crippen molar-refractivity contribution in [2.45, 2.75) is 19.8 Å². The summed E-state index contributed by atoms with van der Waals surface area (Å²) in [6, 6.07) is 12.4. The minimum atomic E-state index is 0. The zero-order valence-corrected chi connectivity index (χ0v) is 15.1. The molecule has 2 aromatic rings. The number of rotatable bonds is 6. The standard InChI is InChI=1S/C19H24N2O2.ClH/c1-15(20-23-12-11-21-9-3-4-10-21)16-5-6-18-14-19(22-2)8-7-17(18)13-16;/h5-8,13-14H,3-4,9-12H2,1-2H3;1H. The normalized spacial score (nSPS) is 15.3. The SMILES string of the molecule is COc1ccc2cc(C(C)=NOCCN3CCCC3)ccc2c1.Cl. The fraction of sp³-hybridized carbons (Fsp3) is 0.421. The molecule has 24 heavy (non-hydrogen) atoms. The lowest BCUT2D eigenvalue weighted by Gasteiger charge is -2.13. The van der Waals surface area contributed by atoms with Crippen LogP contribution in [0.1, 0.15) is 25.3 Å². The van der Waals surface area contributed by atoms with Crippen LogP contribution in [0.3, 0.4) is 0 Å². The van der Waals surface area contributed by atoms with Crippen LogP contribution < -0.4 is 4.74 Å². The Kier molecular flexibility index (Phi) is 6.88. The molecule has 0 unspecified atom stereocenters. The Morgan fingerprint density at radius 2 is 1.79 bits per heavy atom. The molecule has 0 spiro atoms. The highest BCUT2D eigenvalue weighted by Gasteiger charge is 2.10. The molecule has 3 rings (SSSR count). The highest BCUT2D eigenvalue weighted by Crippen LogP contribution is 2.22. The first kappa shape index (κ1) is 18.6.